The number of carbonyl (C=O) groups is 1. The van der Waals surface area contributed by atoms with E-state index in [-0.39, 0.29) is 11.9 Å². The van der Waals surface area contributed by atoms with Crippen molar-refractivity contribution in [2.75, 3.05) is 13.1 Å². The molecule has 1 atom stereocenters. The fourth-order valence-corrected chi connectivity index (χ4v) is 4.54. The number of benzene rings is 2. The van der Waals surface area contributed by atoms with Gasteiger partial charge in [0.15, 0.2) is 0 Å². The van der Waals surface area contributed by atoms with E-state index in [9.17, 15) is 4.79 Å². The van der Waals surface area contributed by atoms with Crippen molar-refractivity contribution < 1.29 is 9.53 Å². The molecule has 6 nitrogen and oxygen atoms in total. The number of pyridine rings is 1. The van der Waals surface area contributed by atoms with E-state index in [0.29, 0.717) is 17.2 Å². The Hall–Kier alpha value is -3.80. The standard InChI is InChI=1S/C27H26N4O2/c32-26(21-8-3-9-24(17-21)33-27-29-12-5-13-30-27)31-14-4-6-20(11-15-31)16-23-19-28-18-22-7-1-2-10-25(22)23/h1-3,5,7-10,12-13,17-20H,4,6,11,14-16H2/t20-/m0/s1. The molecule has 0 spiro atoms. The van der Waals surface area contributed by atoms with Gasteiger partial charge in [-0.15, -0.1) is 0 Å². The number of fused-ring (bicyclic) bond motifs is 1. The number of rotatable bonds is 5. The fourth-order valence-electron chi connectivity index (χ4n) is 4.54. The molecule has 1 fully saturated rings. The second kappa shape index (κ2) is 9.77. The number of ether oxygens (including phenoxy) is 1. The maximum atomic E-state index is 13.2. The normalized spacial score (nSPS) is 16.4. The molecule has 0 saturated carbocycles. The first kappa shape index (κ1) is 21.1. The van der Waals surface area contributed by atoms with Crippen LogP contribution in [0.4, 0.5) is 0 Å². The molecule has 1 saturated heterocycles. The summed E-state index contributed by atoms with van der Waals surface area (Å²) in [7, 11) is 0. The van der Waals surface area contributed by atoms with Crippen LogP contribution in [-0.4, -0.2) is 38.8 Å². The average Bonchev–Trinajstić information content (AvgIpc) is 3.10. The third-order valence-electron chi connectivity index (χ3n) is 6.23. The van der Waals surface area contributed by atoms with Gasteiger partial charge < -0.3 is 9.64 Å². The molecule has 0 unspecified atom stereocenters. The van der Waals surface area contributed by atoms with E-state index in [0.717, 1.165) is 38.8 Å². The van der Waals surface area contributed by atoms with Crippen LogP contribution in [0.5, 0.6) is 11.8 Å². The largest absolute Gasteiger partial charge is 0.424 e. The summed E-state index contributed by atoms with van der Waals surface area (Å²) in [5.74, 6) is 1.14. The van der Waals surface area contributed by atoms with Crippen molar-refractivity contribution in [3.05, 3.63) is 90.5 Å². The first-order valence-electron chi connectivity index (χ1n) is 11.4. The van der Waals surface area contributed by atoms with Crippen LogP contribution in [0.3, 0.4) is 0 Å². The van der Waals surface area contributed by atoms with Crippen molar-refractivity contribution in [1.29, 1.82) is 0 Å². The summed E-state index contributed by atoms with van der Waals surface area (Å²) in [5, 5.41) is 2.47. The minimum absolute atomic E-state index is 0.0434. The van der Waals surface area contributed by atoms with Crippen molar-refractivity contribution in [3.8, 4) is 11.8 Å². The number of nitrogens with zero attached hydrogens (tertiary/aromatic N) is 4. The maximum Gasteiger partial charge on any atom is 0.321 e. The zero-order valence-electron chi connectivity index (χ0n) is 18.4. The molecule has 1 amide bonds. The number of hydrogen-bond acceptors (Lipinski definition) is 5. The molecule has 33 heavy (non-hydrogen) atoms. The zero-order valence-corrected chi connectivity index (χ0v) is 18.4. The van der Waals surface area contributed by atoms with E-state index >= 15 is 0 Å². The van der Waals surface area contributed by atoms with Gasteiger partial charge in [-0.3, -0.25) is 9.78 Å². The van der Waals surface area contributed by atoms with E-state index in [1.165, 1.54) is 16.3 Å². The summed E-state index contributed by atoms with van der Waals surface area (Å²) in [5.41, 5.74) is 1.92. The van der Waals surface area contributed by atoms with E-state index in [1.807, 2.05) is 35.5 Å². The molecule has 2 aromatic carbocycles. The Morgan fingerprint density at radius 2 is 1.85 bits per heavy atom. The monoisotopic (exact) mass is 438 g/mol. The summed E-state index contributed by atoms with van der Waals surface area (Å²) in [6.07, 6.45) is 11.3. The van der Waals surface area contributed by atoms with Gasteiger partial charge in [-0.1, -0.05) is 30.3 Å². The zero-order chi connectivity index (χ0) is 22.5. The minimum Gasteiger partial charge on any atom is -0.424 e. The number of likely N-dealkylation sites (tertiary alicyclic amines) is 1. The lowest BCUT2D eigenvalue weighted by atomic mass is 9.91. The molecule has 0 radical (unpaired) electrons. The van der Waals surface area contributed by atoms with Gasteiger partial charge in [-0.05, 0) is 66.8 Å². The highest BCUT2D eigenvalue weighted by molar-refractivity contribution is 5.94. The summed E-state index contributed by atoms with van der Waals surface area (Å²) < 4.78 is 5.70. The van der Waals surface area contributed by atoms with E-state index in [1.54, 1.807) is 24.5 Å². The molecule has 0 N–H and O–H groups in total. The molecule has 0 bridgehead atoms. The lowest BCUT2D eigenvalue weighted by molar-refractivity contribution is 0.0759. The van der Waals surface area contributed by atoms with Gasteiger partial charge in [-0.2, -0.15) is 0 Å². The van der Waals surface area contributed by atoms with Crippen LogP contribution in [0, 0.1) is 5.92 Å². The second-order valence-electron chi connectivity index (χ2n) is 8.47. The van der Waals surface area contributed by atoms with Gasteiger partial charge in [0.1, 0.15) is 5.75 Å². The Kier molecular flexibility index (Phi) is 6.24. The minimum atomic E-state index is 0.0434. The Morgan fingerprint density at radius 3 is 2.76 bits per heavy atom. The Balaban J connectivity index is 1.24. The third-order valence-corrected chi connectivity index (χ3v) is 6.23. The third kappa shape index (κ3) is 5.00. The van der Waals surface area contributed by atoms with Crippen LogP contribution in [-0.2, 0) is 6.42 Å². The molecule has 2 aromatic heterocycles. The van der Waals surface area contributed by atoms with Crippen LogP contribution in [0.1, 0.15) is 35.2 Å². The highest BCUT2D eigenvalue weighted by atomic mass is 16.5. The van der Waals surface area contributed by atoms with Crippen molar-refractivity contribution in [1.82, 2.24) is 19.9 Å². The highest BCUT2D eigenvalue weighted by Crippen LogP contribution is 2.27. The van der Waals surface area contributed by atoms with E-state index < -0.39 is 0 Å². The summed E-state index contributed by atoms with van der Waals surface area (Å²) in [6, 6.07) is 17.7. The number of aromatic nitrogens is 3. The van der Waals surface area contributed by atoms with Crippen LogP contribution in [0.2, 0.25) is 0 Å². The number of hydrogen-bond donors (Lipinski definition) is 0. The average molecular weight is 439 g/mol. The van der Waals surface area contributed by atoms with Gasteiger partial charge in [0.2, 0.25) is 0 Å². The molecule has 3 heterocycles. The fraction of sp³-hybridized carbons (Fsp3) is 0.259. The molecule has 4 aromatic rings. The number of carbonyl (C=O) groups excluding carboxylic acids is 1. The van der Waals surface area contributed by atoms with Crippen molar-refractivity contribution in [2.45, 2.75) is 25.7 Å². The first-order valence-corrected chi connectivity index (χ1v) is 11.4. The van der Waals surface area contributed by atoms with Crippen LogP contribution in [0.15, 0.2) is 79.4 Å². The summed E-state index contributed by atoms with van der Waals surface area (Å²) in [4.78, 5) is 27.8. The molecular formula is C27H26N4O2. The lowest BCUT2D eigenvalue weighted by Crippen LogP contribution is -2.32. The first-order chi connectivity index (χ1) is 16.3. The lowest BCUT2D eigenvalue weighted by Gasteiger charge is -2.21. The van der Waals surface area contributed by atoms with Crippen LogP contribution in [0.25, 0.3) is 10.8 Å². The predicted octanol–water partition coefficient (Wildman–Crippen LogP) is 5.30. The summed E-state index contributed by atoms with van der Waals surface area (Å²) in [6.45, 7) is 1.53. The molecule has 5 rings (SSSR count). The molecule has 1 aliphatic rings. The molecule has 0 aliphatic carbocycles. The maximum absolute atomic E-state index is 13.2. The van der Waals surface area contributed by atoms with Gasteiger partial charge >= 0.3 is 6.01 Å². The van der Waals surface area contributed by atoms with Crippen LogP contribution >= 0.6 is 0 Å². The number of amides is 1. The molecular weight excluding hydrogens is 412 g/mol. The molecule has 166 valence electrons. The SMILES string of the molecule is O=C(c1cccc(Oc2ncccn2)c1)N1CCC[C@H](Cc2cncc3ccccc23)CC1. The Morgan fingerprint density at radius 1 is 0.970 bits per heavy atom. The molecule has 1 aliphatic heterocycles. The Labute approximate surface area is 193 Å². The molecule has 6 heteroatoms. The van der Waals surface area contributed by atoms with Crippen molar-refractivity contribution >= 4 is 16.7 Å². The van der Waals surface area contributed by atoms with Gasteiger partial charge in [0.25, 0.3) is 5.91 Å². The van der Waals surface area contributed by atoms with E-state index in [4.69, 9.17) is 4.74 Å². The predicted molar refractivity (Wildman–Crippen MR) is 127 cm³/mol. The van der Waals surface area contributed by atoms with Crippen molar-refractivity contribution in [3.63, 3.8) is 0 Å². The van der Waals surface area contributed by atoms with Crippen LogP contribution < -0.4 is 4.74 Å². The summed E-state index contributed by atoms with van der Waals surface area (Å²) >= 11 is 0. The van der Waals surface area contributed by atoms with Crippen molar-refractivity contribution in [2.24, 2.45) is 5.92 Å². The van der Waals surface area contributed by atoms with E-state index in [2.05, 4.69) is 39.2 Å². The highest BCUT2D eigenvalue weighted by Gasteiger charge is 2.22. The smallest absolute Gasteiger partial charge is 0.321 e. The quantitative estimate of drug-likeness (QED) is 0.423. The van der Waals surface area contributed by atoms with Gasteiger partial charge in [0.05, 0.1) is 0 Å². The topological polar surface area (TPSA) is 68.2 Å². The second-order valence-corrected chi connectivity index (χ2v) is 8.47. The van der Waals surface area contributed by atoms with Gasteiger partial charge in [0, 0.05) is 48.8 Å². The van der Waals surface area contributed by atoms with Gasteiger partial charge in [-0.25, -0.2) is 9.97 Å². The Bertz CT molecular complexity index is 1240.